The Balaban J connectivity index is 1.39. The quantitative estimate of drug-likeness (QED) is 0.604. The second kappa shape index (κ2) is 8.73. The molecule has 0 heterocycles. The van der Waals surface area contributed by atoms with E-state index in [0.29, 0.717) is 23.0 Å². The Labute approximate surface area is 192 Å². The van der Waals surface area contributed by atoms with Crippen molar-refractivity contribution in [3.63, 3.8) is 0 Å². The van der Waals surface area contributed by atoms with Crippen molar-refractivity contribution < 1.29 is 19.1 Å². The molecule has 1 amide bonds. The highest BCUT2D eigenvalue weighted by Gasteiger charge is 2.60. The lowest BCUT2D eigenvalue weighted by molar-refractivity contribution is -0.164. The van der Waals surface area contributed by atoms with E-state index in [0.717, 1.165) is 37.5 Å². The van der Waals surface area contributed by atoms with Gasteiger partial charge in [-0.25, -0.2) is 0 Å². The highest BCUT2D eigenvalue weighted by atomic mass is 16.5. The normalized spacial score (nSPS) is 44.0. The van der Waals surface area contributed by atoms with Gasteiger partial charge in [-0.2, -0.15) is 0 Å². The van der Waals surface area contributed by atoms with Gasteiger partial charge in [-0.15, -0.1) is 0 Å². The Morgan fingerprint density at radius 3 is 2.34 bits per heavy atom. The topological polar surface area (TPSA) is 112 Å². The first kappa shape index (κ1) is 23.7. The largest absolute Gasteiger partial charge is 0.461 e. The van der Waals surface area contributed by atoms with E-state index >= 15 is 0 Å². The molecule has 0 aromatic rings. The van der Waals surface area contributed by atoms with Crippen molar-refractivity contribution in [2.24, 2.45) is 51.9 Å². The van der Waals surface area contributed by atoms with E-state index in [9.17, 15) is 14.4 Å². The van der Waals surface area contributed by atoms with Crippen LogP contribution in [0.5, 0.6) is 0 Å². The van der Waals surface area contributed by atoms with Crippen molar-refractivity contribution in [2.45, 2.75) is 104 Å². The molecule has 6 heteroatoms. The summed E-state index contributed by atoms with van der Waals surface area (Å²) in [5.74, 6) is 2.53. The molecule has 0 aliphatic heterocycles. The molecule has 32 heavy (non-hydrogen) atoms. The summed E-state index contributed by atoms with van der Waals surface area (Å²) in [6.07, 6.45) is 10.3. The van der Waals surface area contributed by atoms with Crippen molar-refractivity contribution in [3.05, 3.63) is 0 Å². The van der Waals surface area contributed by atoms with Gasteiger partial charge in [0.1, 0.15) is 17.9 Å². The molecule has 9 atom stereocenters. The molecule has 4 aliphatic rings. The molecular weight excluding hydrogens is 404 g/mol. The van der Waals surface area contributed by atoms with Gasteiger partial charge in [-0.05, 0) is 106 Å². The Hall–Kier alpha value is -1.43. The molecule has 4 saturated carbocycles. The summed E-state index contributed by atoms with van der Waals surface area (Å²) >= 11 is 0. The first-order valence-corrected chi connectivity index (χ1v) is 12.8. The molecule has 0 bridgehead atoms. The molecule has 180 valence electrons. The second-order valence-corrected chi connectivity index (χ2v) is 11.9. The number of hydrogen-bond donors (Lipinski definition) is 2. The zero-order chi connectivity index (χ0) is 23.3. The lowest BCUT2D eigenvalue weighted by Gasteiger charge is -2.61. The van der Waals surface area contributed by atoms with Crippen LogP contribution in [0.1, 0.15) is 91.4 Å². The van der Waals surface area contributed by atoms with Crippen LogP contribution in [-0.4, -0.2) is 29.8 Å². The summed E-state index contributed by atoms with van der Waals surface area (Å²) in [6.45, 7) is 6.69. The predicted molar refractivity (Wildman–Crippen MR) is 122 cm³/mol. The first-order chi connectivity index (χ1) is 15.1. The summed E-state index contributed by atoms with van der Waals surface area (Å²) in [5, 5.41) is 0. The number of nitrogens with two attached hydrogens (primary N) is 2. The minimum Gasteiger partial charge on any atom is -0.461 e. The van der Waals surface area contributed by atoms with E-state index in [1.807, 2.05) is 0 Å². The standard InChI is InChI=1S/C26H42N2O4/c1-15(29)19-6-7-20-18-5-4-16-14-17(32-24(31)22(27)8-9-23(28)30)10-12-25(16,2)21(18)11-13-26(19,20)3/h16-22H,4-14,27H2,1-3H3,(H2,28,30)/t16-,17-,18+,19-,20+,21+,22+,25+,26-/m1/s1. The second-order valence-electron chi connectivity index (χ2n) is 11.9. The smallest absolute Gasteiger partial charge is 0.323 e. The van der Waals surface area contributed by atoms with E-state index in [4.69, 9.17) is 16.2 Å². The third-order valence-corrected chi connectivity index (χ3v) is 10.4. The van der Waals surface area contributed by atoms with Gasteiger partial charge in [0.05, 0.1) is 0 Å². The van der Waals surface area contributed by atoms with E-state index in [1.54, 1.807) is 6.92 Å². The van der Waals surface area contributed by atoms with Crippen LogP contribution in [0.4, 0.5) is 0 Å². The zero-order valence-corrected chi connectivity index (χ0v) is 20.1. The summed E-state index contributed by atoms with van der Waals surface area (Å²) in [7, 11) is 0. The van der Waals surface area contributed by atoms with E-state index < -0.39 is 17.9 Å². The molecule has 0 radical (unpaired) electrons. The zero-order valence-electron chi connectivity index (χ0n) is 20.1. The molecular formula is C26H42N2O4. The minimum atomic E-state index is -0.779. The average Bonchev–Trinajstić information content (AvgIpc) is 3.09. The summed E-state index contributed by atoms with van der Waals surface area (Å²) in [6, 6.07) is -0.779. The highest BCUT2D eigenvalue weighted by molar-refractivity contribution is 5.79. The lowest BCUT2D eigenvalue weighted by atomic mass is 9.44. The van der Waals surface area contributed by atoms with Crippen LogP contribution in [0, 0.1) is 40.4 Å². The monoisotopic (exact) mass is 446 g/mol. The fourth-order valence-corrected chi connectivity index (χ4v) is 8.66. The third kappa shape index (κ3) is 4.01. The number of amides is 1. The van der Waals surface area contributed by atoms with Gasteiger partial charge in [0.15, 0.2) is 0 Å². The van der Waals surface area contributed by atoms with Crippen molar-refractivity contribution in [2.75, 3.05) is 0 Å². The van der Waals surface area contributed by atoms with E-state index in [2.05, 4.69) is 13.8 Å². The maximum absolute atomic E-state index is 12.4. The molecule has 0 saturated heterocycles. The highest BCUT2D eigenvalue weighted by Crippen LogP contribution is 2.67. The Bertz CT molecular complexity index is 769. The minimum absolute atomic E-state index is 0.0702. The van der Waals surface area contributed by atoms with Crippen LogP contribution < -0.4 is 11.5 Å². The van der Waals surface area contributed by atoms with Crippen molar-refractivity contribution >= 4 is 17.7 Å². The molecule has 4 rings (SSSR count). The number of fused-ring (bicyclic) bond motifs is 5. The van der Waals surface area contributed by atoms with Gasteiger partial charge in [0.2, 0.25) is 5.91 Å². The van der Waals surface area contributed by atoms with Gasteiger partial charge < -0.3 is 16.2 Å². The number of ketones is 1. The number of Topliss-reactive ketones (excluding diaryl/α,β-unsaturated/α-hetero) is 1. The van der Waals surface area contributed by atoms with Crippen molar-refractivity contribution in [1.29, 1.82) is 0 Å². The van der Waals surface area contributed by atoms with Crippen LogP contribution in [0.3, 0.4) is 0 Å². The number of rotatable bonds is 6. The van der Waals surface area contributed by atoms with Crippen LogP contribution in [0.25, 0.3) is 0 Å². The number of ether oxygens (including phenoxy) is 1. The molecule has 0 aromatic heterocycles. The van der Waals surface area contributed by atoms with Crippen molar-refractivity contribution in [3.8, 4) is 0 Å². The van der Waals surface area contributed by atoms with Gasteiger partial charge in [0, 0.05) is 12.3 Å². The third-order valence-electron chi connectivity index (χ3n) is 10.4. The van der Waals surface area contributed by atoms with E-state index in [-0.39, 0.29) is 30.3 Å². The number of carbonyl (C=O) groups is 3. The van der Waals surface area contributed by atoms with Crippen molar-refractivity contribution in [1.82, 2.24) is 0 Å². The molecule has 0 aromatic carbocycles. The maximum Gasteiger partial charge on any atom is 0.323 e. The molecule has 0 unspecified atom stereocenters. The number of primary amides is 1. The maximum atomic E-state index is 12.4. The number of carbonyl (C=O) groups excluding carboxylic acids is 3. The van der Waals surface area contributed by atoms with Gasteiger partial charge in [-0.3, -0.25) is 14.4 Å². The van der Waals surface area contributed by atoms with Crippen LogP contribution >= 0.6 is 0 Å². The lowest BCUT2D eigenvalue weighted by Crippen LogP contribution is -2.54. The Kier molecular flexibility index (Phi) is 6.47. The summed E-state index contributed by atoms with van der Waals surface area (Å²) in [5.41, 5.74) is 11.6. The Morgan fingerprint density at radius 2 is 1.66 bits per heavy atom. The first-order valence-electron chi connectivity index (χ1n) is 12.8. The molecule has 0 spiro atoms. The molecule has 4 N–H and O–H groups in total. The molecule has 4 fully saturated rings. The van der Waals surface area contributed by atoms with Crippen LogP contribution in [0.15, 0.2) is 0 Å². The molecule has 4 aliphatic carbocycles. The fourth-order valence-electron chi connectivity index (χ4n) is 8.66. The summed E-state index contributed by atoms with van der Waals surface area (Å²) in [4.78, 5) is 35.7. The van der Waals surface area contributed by atoms with Crippen LogP contribution in [0.2, 0.25) is 0 Å². The van der Waals surface area contributed by atoms with Gasteiger partial charge in [0.25, 0.3) is 0 Å². The summed E-state index contributed by atoms with van der Waals surface area (Å²) < 4.78 is 5.79. The van der Waals surface area contributed by atoms with Gasteiger partial charge in [-0.1, -0.05) is 13.8 Å². The number of esters is 1. The number of hydrogen-bond acceptors (Lipinski definition) is 5. The predicted octanol–water partition coefficient (Wildman–Crippen LogP) is 3.74. The average molecular weight is 447 g/mol. The van der Waals surface area contributed by atoms with Crippen LogP contribution in [-0.2, 0) is 19.1 Å². The molecule has 6 nitrogen and oxygen atoms in total. The van der Waals surface area contributed by atoms with E-state index in [1.165, 1.54) is 32.1 Å². The fraction of sp³-hybridized carbons (Fsp3) is 0.885. The Morgan fingerprint density at radius 1 is 0.969 bits per heavy atom. The SMILES string of the molecule is CC(=O)[C@H]1CC[C@H]2[C@@H]3CC[C@@H]4C[C@H](OC(=O)[C@@H](N)CCC(N)=O)CC[C@]4(C)[C@H]3CC[C@]12C. The van der Waals surface area contributed by atoms with Gasteiger partial charge >= 0.3 is 5.97 Å².